The average Bonchev–Trinajstić information content (AvgIpc) is 3.24. The number of hydrogen-bond donors (Lipinski definition) is 1. The first kappa shape index (κ1) is 17.3. The van der Waals surface area contributed by atoms with Crippen molar-refractivity contribution in [1.29, 1.82) is 0 Å². The molecule has 0 aliphatic carbocycles. The summed E-state index contributed by atoms with van der Waals surface area (Å²) in [4.78, 5) is 9.63. The van der Waals surface area contributed by atoms with Crippen molar-refractivity contribution in [3.63, 3.8) is 0 Å². The van der Waals surface area contributed by atoms with E-state index in [2.05, 4.69) is 51.6 Å². The summed E-state index contributed by atoms with van der Waals surface area (Å²) in [6.45, 7) is 6.18. The van der Waals surface area contributed by atoms with E-state index in [-0.39, 0.29) is 0 Å². The van der Waals surface area contributed by atoms with Crippen molar-refractivity contribution in [3.05, 3.63) is 53.7 Å². The Labute approximate surface area is 156 Å². The quantitative estimate of drug-likeness (QED) is 0.896. The van der Waals surface area contributed by atoms with E-state index in [9.17, 15) is 0 Å². The fourth-order valence-corrected chi connectivity index (χ4v) is 4.06. The second kappa shape index (κ2) is 8.06. The van der Waals surface area contributed by atoms with Gasteiger partial charge in [-0.1, -0.05) is 24.3 Å². The molecule has 1 aromatic carbocycles. The molecule has 0 bridgehead atoms. The Morgan fingerprint density at radius 3 is 2.73 bits per heavy atom. The van der Waals surface area contributed by atoms with Gasteiger partial charge in [0, 0.05) is 51.0 Å². The number of hydrogen-bond acceptors (Lipinski definition) is 5. The number of ether oxygens (including phenoxy) is 1. The van der Waals surface area contributed by atoms with E-state index in [1.807, 2.05) is 6.07 Å². The zero-order chi connectivity index (χ0) is 17.8. The van der Waals surface area contributed by atoms with Crippen molar-refractivity contribution in [3.8, 4) is 5.75 Å². The van der Waals surface area contributed by atoms with Crippen molar-refractivity contribution in [1.82, 2.24) is 15.2 Å². The largest absolute Gasteiger partial charge is 0.496 e. The minimum absolute atomic E-state index is 0.318. The lowest BCUT2D eigenvalue weighted by molar-refractivity contribution is 0.151. The number of anilines is 1. The lowest BCUT2D eigenvalue weighted by Crippen LogP contribution is -2.45. The maximum Gasteiger partial charge on any atom is 0.128 e. The molecule has 0 spiro atoms. The van der Waals surface area contributed by atoms with E-state index >= 15 is 0 Å². The van der Waals surface area contributed by atoms with Crippen LogP contribution in [0.3, 0.4) is 0 Å². The molecule has 1 unspecified atom stereocenters. The molecule has 3 heterocycles. The predicted molar refractivity (Wildman–Crippen MR) is 105 cm³/mol. The molecule has 5 heteroatoms. The highest BCUT2D eigenvalue weighted by Gasteiger charge is 2.26. The average molecular weight is 352 g/mol. The molecule has 5 nitrogen and oxygen atoms in total. The van der Waals surface area contributed by atoms with Crippen molar-refractivity contribution < 1.29 is 4.74 Å². The number of para-hydroxylation sites is 1. The van der Waals surface area contributed by atoms with Gasteiger partial charge in [0.1, 0.15) is 11.6 Å². The number of piperazine rings is 1. The number of nitrogens with one attached hydrogen (secondary N) is 1. The molecule has 1 aromatic heterocycles. The van der Waals surface area contributed by atoms with Crippen molar-refractivity contribution in [2.45, 2.75) is 25.4 Å². The standard InChI is InChI=1S/C21H28N4O/c1-26-20-7-3-2-6-18(20)19-15-22-10-13-25(19)16-17-8-9-21(23-14-17)24-11-4-5-12-24/h2-3,6-9,14,19,22H,4-5,10-13,15-16H2,1H3. The first-order valence-electron chi connectivity index (χ1n) is 9.63. The fourth-order valence-electron chi connectivity index (χ4n) is 4.06. The third kappa shape index (κ3) is 3.69. The number of rotatable bonds is 5. The smallest absolute Gasteiger partial charge is 0.128 e. The van der Waals surface area contributed by atoms with Gasteiger partial charge in [0.15, 0.2) is 0 Å². The normalized spacial score (nSPS) is 21.1. The number of methoxy groups -OCH3 is 1. The van der Waals surface area contributed by atoms with E-state index in [1.165, 1.54) is 24.0 Å². The van der Waals surface area contributed by atoms with Crippen molar-refractivity contribution in [2.24, 2.45) is 0 Å². The monoisotopic (exact) mass is 352 g/mol. The van der Waals surface area contributed by atoms with Gasteiger partial charge in [0.25, 0.3) is 0 Å². The lowest BCUT2D eigenvalue weighted by atomic mass is 10.0. The Bertz CT molecular complexity index is 712. The lowest BCUT2D eigenvalue weighted by Gasteiger charge is -2.37. The van der Waals surface area contributed by atoms with Crippen LogP contribution in [0.15, 0.2) is 42.6 Å². The maximum atomic E-state index is 5.60. The first-order chi connectivity index (χ1) is 12.8. The van der Waals surface area contributed by atoms with Crippen LogP contribution in [0.2, 0.25) is 0 Å². The Balaban J connectivity index is 1.50. The number of pyridine rings is 1. The zero-order valence-corrected chi connectivity index (χ0v) is 15.5. The van der Waals surface area contributed by atoms with Gasteiger partial charge in [-0.15, -0.1) is 0 Å². The van der Waals surface area contributed by atoms with Crippen LogP contribution in [0.1, 0.15) is 30.0 Å². The first-order valence-corrected chi connectivity index (χ1v) is 9.63. The van der Waals surface area contributed by atoms with E-state index < -0.39 is 0 Å². The fraction of sp³-hybridized carbons (Fsp3) is 0.476. The van der Waals surface area contributed by atoms with Crippen LogP contribution in [0.4, 0.5) is 5.82 Å². The molecule has 1 N–H and O–H groups in total. The summed E-state index contributed by atoms with van der Waals surface area (Å²) in [6.07, 6.45) is 4.62. The zero-order valence-electron chi connectivity index (χ0n) is 15.5. The molecule has 0 saturated carbocycles. The van der Waals surface area contributed by atoms with Gasteiger partial charge in [-0.2, -0.15) is 0 Å². The van der Waals surface area contributed by atoms with Crippen LogP contribution in [0.25, 0.3) is 0 Å². The maximum absolute atomic E-state index is 5.60. The second-order valence-corrected chi connectivity index (χ2v) is 7.15. The van der Waals surface area contributed by atoms with Crippen LogP contribution in [0.5, 0.6) is 5.75 Å². The minimum atomic E-state index is 0.318. The summed E-state index contributed by atoms with van der Waals surface area (Å²) in [5.41, 5.74) is 2.53. The van der Waals surface area contributed by atoms with Gasteiger partial charge in [0.2, 0.25) is 0 Å². The van der Waals surface area contributed by atoms with Gasteiger partial charge < -0.3 is 15.0 Å². The summed E-state index contributed by atoms with van der Waals surface area (Å²) >= 11 is 0. The van der Waals surface area contributed by atoms with Gasteiger partial charge in [-0.25, -0.2) is 4.98 Å². The third-order valence-electron chi connectivity index (χ3n) is 5.48. The highest BCUT2D eigenvalue weighted by molar-refractivity contribution is 5.40. The summed E-state index contributed by atoms with van der Waals surface area (Å²) in [6, 6.07) is 13.1. The van der Waals surface area contributed by atoms with Gasteiger partial charge in [-0.05, 0) is 30.5 Å². The number of nitrogens with zero attached hydrogens (tertiary/aromatic N) is 3. The van der Waals surface area contributed by atoms with Crippen molar-refractivity contribution in [2.75, 3.05) is 44.7 Å². The molecule has 2 saturated heterocycles. The number of aromatic nitrogens is 1. The van der Waals surface area contributed by atoms with Crippen molar-refractivity contribution >= 4 is 5.82 Å². The Morgan fingerprint density at radius 1 is 1.12 bits per heavy atom. The topological polar surface area (TPSA) is 40.6 Å². The SMILES string of the molecule is COc1ccccc1C1CNCCN1Cc1ccc(N2CCCC2)nc1. The molecule has 138 valence electrons. The van der Waals surface area contributed by atoms with E-state index in [4.69, 9.17) is 9.72 Å². The Morgan fingerprint density at radius 2 is 1.96 bits per heavy atom. The predicted octanol–water partition coefficient (Wildman–Crippen LogP) is 2.84. The Kier molecular flexibility index (Phi) is 5.37. The van der Waals surface area contributed by atoms with Crippen LogP contribution in [-0.2, 0) is 6.54 Å². The molecule has 1 atom stereocenters. The van der Waals surface area contributed by atoms with Crippen LogP contribution in [0, 0.1) is 0 Å². The third-order valence-corrected chi connectivity index (χ3v) is 5.48. The molecule has 2 aliphatic rings. The molecular weight excluding hydrogens is 324 g/mol. The van der Waals surface area contributed by atoms with Gasteiger partial charge in [-0.3, -0.25) is 4.90 Å². The summed E-state index contributed by atoms with van der Waals surface area (Å²) in [5.74, 6) is 2.08. The molecule has 26 heavy (non-hydrogen) atoms. The highest BCUT2D eigenvalue weighted by Crippen LogP contribution is 2.31. The molecular formula is C21H28N4O. The molecule has 2 aromatic rings. The summed E-state index contributed by atoms with van der Waals surface area (Å²) < 4.78 is 5.60. The van der Waals surface area contributed by atoms with E-state index in [1.54, 1.807) is 7.11 Å². The second-order valence-electron chi connectivity index (χ2n) is 7.15. The van der Waals surface area contributed by atoms with Gasteiger partial charge >= 0.3 is 0 Å². The molecule has 0 amide bonds. The van der Waals surface area contributed by atoms with E-state index in [0.717, 1.165) is 50.8 Å². The van der Waals surface area contributed by atoms with Crippen LogP contribution >= 0.6 is 0 Å². The highest BCUT2D eigenvalue weighted by atomic mass is 16.5. The molecule has 2 aliphatic heterocycles. The Hall–Kier alpha value is -2.11. The number of benzene rings is 1. The van der Waals surface area contributed by atoms with Crippen LogP contribution in [-0.4, -0.2) is 49.7 Å². The van der Waals surface area contributed by atoms with Crippen LogP contribution < -0.4 is 15.0 Å². The molecule has 2 fully saturated rings. The summed E-state index contributed by atoms with van der Waals surface area (Å²) in [7, 11) is 1.75. The van der Waals surface area contributed by atoms with Gasteiger partial charge in [0.05, 0.1) is 13.2 Å². The van der Waals surface area contributed by atoms with E-state index in [0.29, 0.717) is 6.04 Å². The molecule has 0 radical (unpaired) electrons. The molecule has 4 rings (SSSR count). The summed E-state index contributed by atoms with van der Waals surface area (Å²) in [5, 5.41) is 3.53. The minimum Gasteiger partial charge on any atom is -0.496 e.